The summed E-state index contributed by atoms with van der Waals surface area (Å²) < 4.78 is 15.9. The van der Waals surface area contributed by atoms with Crippen LogP contribution in [0.4, 0.5) is 5.69 Å². The highest BCUT2D eigenvalue weighted by Crippen LogP contribution is 2.38. The first-order chi connectivity index (χ1) is 13.2. The number of hydrogen-bond acceptors (Lipinski definition) is 5. The van der Waals surface area contributed by atoms with E-state index in [-0.39, 0.29) is 5.91 Å². The van der Waals surface area contributed by atoms with Crippen LogP contribution in [0.3, 0.4) is 0 Å². The number of ether oxygens (including phenoxy) is 3. The van der Waals surface area contributed by atoms with Crippen molar-refractivity contribution in [2.75, 3.05) is 26.6 Å². The van der Waals surface area contributed by atoms with Crippen molar-refractivity contribution in [3.8, 4) is 17.2 Å². The average molecular weight is 364 g/mol. The van der Waals surface area contributed by atoms with E-state index < -0.39 is 0 Å². The fourth-order valence-corrected chi connectivity index (χ4v) is 2.76. The molecule has 0 saturated carbocycles. The number of hydrogen-bond donors (Lipinski definition) is 1. The molecule has 138 valence electrons. The Morgan fingerprint density at radius 1 is 1.00 bits per heavy atom. The zero-order chi connectivity index (χ0) is 19.2. The fraction of sp³-hybridized carbons (Fsp3) is 0.143. The number of nitrogens with zero attached hydrogens (tertiary/aromatic N) is 1. The minimum absolute atomic E-state index is 0.250. The van der Waals surface area contributed by atoms with Crippen molar-refractivity contribution in [2.45, 2.75) is 0 Å². The summed E-state index contributed by atoms with van der Waals surface area (Å²) in [5.74, 6) is 1.30. The van der Waals surface area contributed by atoms with Gasteiger partial charge in [0.1, 0.15) is 0 Å². The Morgan fingerprint density at radius 3 is 2.41 bits per heavy atom. The van der Waals surface area contributed by atoms with Gasteiger partial charge in [-0.3, -0.25) is 9.78 Å². The number of methoxy groups -OCH3 is 3. The van der Waals surface area contributed by atoms with Crippen molar-refractivity contribution in [3.05, 3.63) is 60.3 Å². The van der Waals surface area contributed by atoms with Gasteiger partial charge in [0.2, 0.25) is 11.7 Å². The van der Waals surface area contributed by atoms with E-state index in [0.29, 0.717) is 22.9 Å². The lowest BCUT2D eigenvalue weighted by atomic mass is 10.1. The van der Waals surface area contributed by atoms with Crippen LogP contribution in [-0.2, 0) is 4.79 Å². The Hall–Kier alpha value is -3.54. The van der Waals surface area contributed by atoms with Crippen LogP contribution in [0.25, 0.3) is 17.0 Å². The molecular formula is C21H20N2O4. The monoisotopic (exact) mass is 364 g/mol. The predicted molar refractivity (Wildman–Crippen MR) is 106 cm³/mol. The minimum atomic E-state index is -0.250. The summed E-state index contributed by atoms with van der Waals surface area (Å²) in [4.78, 5) is 16.6. The predicted octanol–water partition coefficient (Wildman–Crippen LogP) is 3.91. The number of anilines is 1. The zero-order valence-electron chi connectivity index (χ0n) is 15.4. The van der Waals surface area contributed by atoms with E-state index in [9.17, 15) is 4.79 Å². The molecule has 0 radical (unpaired) electrons. The lowest BCUT2D eigenvalue weighted by Gasteiger charge is -2.12. The quantitative estimate of drug-likeness (QED) is 0.672. The molecule has 0 saturated heterocycles. The summed E-state index contributed by atoms with van der Waals surface area (Å²) >= 11 is 0. The van der Waals surface area contributed by atoms with Gasteiger partial charge in [-0.05, 0) is 48.0 Å². The van der Waals surface area contributed by atoms with Gasteiger partial charge in [-0.1, -0.05) is 6.07 Å². The smallest absolute Gasteiger partial charge is 0.248 e. The molecule has 6 heteroatoms. The molecule has 1 heterocycles. The third-order valence-corrected chi connectivity index (χ3v) is 4.02. The molecule has 1 aromatic heterocycles. The second kappa shape index (κ2) is 8.23. The van der Waals surface area contributed by atoms with Gasteiger partial charge in [0.05, 0.1) is 32.5 Å². The van der Waals surface area contributed by atoms with Gasteiger partial charge in [0.15, 0.2) is 11.5 Å². The van der Waals surface area contributed by atoms with Crippen LogP contribution < -0.4 is 19.5 Å². The van der Waals surface area contributed by atoms with Gasteiger partial charge in [0, 0.05) is 17.7 Å². The largest absolute Gasteiger partial charge is 0.493 e. The van der Waals surface area contributed by atoms with Crippen molar-refractivity contribution in [1.82, 2.24) is 4.98 Å². The van der Waals surface area contributed by atoms with Crippen molar-refractivity contribution in [2.24, 2.45) is 0 Å². The summed E-state index contributed by atoms with van der Waals surface area (Å²) in [5.41, 5.74) is 2.28. The summed E-state index contributed by atoms with van der Waals surface area (Å²) in [6.07, 6.45) is 4.86. The number of nitrogens with one attached hydrogen (secondary N) is 1. The first-order valence-electron chi connectivity index (χ1n) is 8.29. The molecule has 0 aliphatic carbocycles. The molecule has 1 amide bonds. The van der Waals surface area contributed by atoms with Gasteiger partial charge in [-0.25, -0.2) is 0 Å². The molecular weight excluding hydrogens is 344 g/mol. The minimum Gasteiger partial charge on any atom is -0.493 e. The molecule has 6 nitrogen and oxygen atoms in total. The maximum Gasteiger partial charge on any atom is 0.248 e. The van der Waals surface area contributed by atoms with Crippen LogP contribution in [0.15, 0.2) is 54.7 Å². The Kier molecular flexibility index (Phi) is 5.56. The molecule has 3 aromatic rings. The summed E-state index contributed by atoms with van der Waals surface area (Å²) in [5, 5.41) is 3.77. The number of carbonyl (C=O) groups excluding carboxylic acids is 1. The SMILES string of the molecule is COc1cc(C=CC(=O)Nc2cccc3ncccc23)cc(OC)c1OC. The van der Waals surface area contributed by atoms with Crippen LogP contribution in [0.2, 0.25) is 0 Å². The standard InChI is InChI=1S/C21H20N2O4/c1-25-18-12-14(13-19(26-2)21(18)27-3)9-10-20(24)23-17-8-4-7-16-15(17)6-5-11-22-16/h4-13H,1-3H3,(H,23,24). The first kappa shape index (κ1) is 18.3. The molecule has 1 N–H and O–H groups in total. The number of amides is 1. The maximum atomic E-state index is 12.4. The Bertz CT molecular complexity index is 968. The van der Waals surface area contributed by atoms with Crippen molar-refractivity contribution < 1.29 is 19.0 Å². The highest BCUT2D eigenvalue weighted by Gasteiger charge is 2.12. The second-order valence-electron chi connectivity index (χ2n) is 5.66. The van der Waals surface area contributed by atoms with Gasteiger partial charge < -0.3 is 19.5 Å². The lowest BCUT2D eigenvalue weighted by molar-refractivity contribution is -0.111. The molecule has 0 fully saturated rings. The molecule has 0 atom stereocenters. The molecule has 0 aliphatic heterocycles. The highest BCUT2D eigenvalue weighted by atomic mass is 16.5. The van der Waals surface area contributed by atoms with Gasteiger partial charge in [-0.15, -0.1) is 0 Å². The number of carbonyl (C=O) groups is 1. The Morgan fingerprint density at radius 2 is 1.74 bits per heavy atom. The lowest BCUT2D eigenvalue weighted by Crippen LogP contribution is -2.08. The summed E-state index contributed by atoms with van der Waals surface area (Å²) in [6, 6.07) is 12.9. The third-order valence-electron chi connectivity index (χ3n) is 4.02. The van der Waals surface area contributed by atoms with Crippen molar-refractivity contribution >= 4 is 28.6 Å². The van der Waals surface area contributed by atoms with Gasteiger partial charge >= 0.3 is 0 Å². The van der Waals surface area contributed by atoms with Crippen LogP contribution in [0, 0.1) is 0 Å². The molecule has 27 heavy (non-hydrogen) atoms. The van der Waals surface area contributed by atoms with E-state index in [0.717, 1.165) is 16.5 Å². The van der Waals surface area contributed by atoms with E-state index in [2.05, 4.69) is 10.3 Å². The van der Waals surface area contributed by atoms with E-state index in [4.69, 9.17) is 14.2 Å². The fourth-order valence-electron chi connectivity index (χ4n) is 2.76. The van der Waals surface area contributed by atoms with E-state index in [1.807, 2.05) is 30.3 Å². The molecule has 0 spiro atoms. The number of aromatic nitrogens is 1. The first-order valence-corrected chi connectivity index (χ1v) is 8.29. The van der Waals surface area contributed by atoms with Crippen LogP contribution in [-0.4, -0.2) is 32.2 Å². The van der Waals surface area contributed by atoms with Gasteiger partial charge in [-0.2, -0.15) is 0 Å². The topological polar surface area (TPSA) is 69.7 Å². The zero-order valence-corrected chi connectivity index (χ0v) is 15.4. The van der Waals surface area contributed by atoms with Gasteiger partial charge in [0.25, 0.3) is 0 Å². The second-order valence-corrected chi connectivity index (χ2v) is 5.66. The third kappa shape index (κ3) is 4.00. The van der Waals surface area contributed by atoms with Crippen LogP contribution >= 0.6 is 0 Å². The molecule has 0 unspecified atom stereocenters. The van der Waals surface area contributed by atoms with E-state index in [1.165, 1.54) is 6.08 Å². The molecule has 0 bridgehead atoms. The van der Waals surface area contributed by atoms with Crippen molar-refractivity contribution in [1.29, 1.82) is 0 Å². The number of pyridine rings is 1. The number of fused-ring (bicyclic) bond motifs is 1. The average Bonchev–Trinajstić information content (AvgIpc) is 2.71. The van der Waals surface area contributed by atoms with E-state index in [1.54, 1.807) is 45.7 Å². The van der Waals surface area contributed by atoms with Crippen molar-refractivity contribution in [3.63, 3.8) is 0 Å². The van der Waals surface area contributed by atoms with E-state index >= 15 is 0 Å². The highest BCUT2D eigenvalue weighted by molar-refractivity contribution is 6.07. The number of benzene rings is 2. The molecule has 2 aromatic carbocycles. The summed E-state index contributed by atoms with van der Waals surface area (Å²) in [7, 11) is 4.64. The normalized spacial score (nSPS) is 10.8. The van der Waals surface area contributed by atoms with Crippen LogP contribution in [0.1, 0.15) is 5.56 Å². The summed E-state index contributed by atoms with van der Waals surface area (Å²) in [6.45, 7) is 0. The maximum absolute atomic E-state index is 12.4. The molecule has 3 rings (SSSR count). The Balaban J connectivity index is 1.82. The Labute approximate surface area is 157 Å². The van der Waals surface area contributed by atoms with Crippen LogP contribution in [0.5, 0.6) is 17.2 Å². The number of rotatable bonds is 6. The molecule has 0 aliphatic rings.